The largest absolute Gasteiger partial charge is 0.486 e. The zero-order valence-corrected chi connectivity index (χ0v) is 13.0. The molecule has 1 saturated heterocycles. The van der Waals surface area contributed by atoms with Crippen LogP contribution in [0.5, 0.6) is 5.75 Å². The Balaban J connectivity index is 1.64. The summed E-state index contributed by atoms with van der Waals surface area (Å²) < 4.78 is 11.3. The zero-order valence-electron chi connectivity index (χ0n) is 13.0. The molecule has 0 aromatic heterocycles. The second kappa shape index (κ2) is 5.63. The van der Waals surface area contributed by atoms with Crippen LogP contribution in [0, 0.1) is 5.92 Å². The highest BCUT2D eigenvalue weighted by atomic mass is 16.5. The van der Waals surface area contributed by atoms with Crippen LogP contribution in [0.25, 0.3) is 0 Å². The number of esters is 1. The van der Waals surface area contributed by atoms with Crippen molar-refractivity contribution in [1.29, 1.82) is 0 Å². The smallest absolute Gasteiger partial charge is 0.341 e. The molecule has 0 aliphatic carbocycles. The number of ether oxygens (including phenoxy) is 2. The summed E-state index contributed by atoms with van der Waals surface area (Å²) in [5.41, 5.74) is 1.25. The van der Waals surface area contributed by atoms with Crippen molar-refractivity contribution in [3.63, 3.8) is 0 Å². The molecule has 1 atom stereocenters. The molecule has 1 fully saturated rings. The molecule has 3 rings (SSSR count). The predicted octanol–water partition coefficient (Wildman–Crippen LogP) is 2.08. The average Bonchev–Trinajstić information content (AvgIpc) is 2.80. The van der Waals surface area contributed by atoms with Crippen LogP contribution in [-0.2, 0) is 16.0 Å². The molecule has 2 aliphatic heterocycles. The summed E-state index contributed by atoms with van der Waals surface area (Å²) in [5.74, 6) is 0.552. The van der Waals surface area contributed by atoms with Crippen LogP contribution in [0.4, 0.5) is 0 Å². The maximum atomic E-state index is 12.3. The summed E-state index contributed by atoms with van der Waals surface area (Å²) in [5, 5.41) is 2.79. The first-order chi connectivity index (χ1) is 10.4. The van der Waals surface area contributed by atoms with Crippen LogP contribution < -0.4 is 10.1 Å². The van der Waals surface area contributed by atoms with Crippen molar-refractivity contribution in [1.82, 2.24) is 5.32 Å². The molecule has 0 saturated carbocycles. The van der Waals surface area contributed by atoms with Gasteiger partial charge in [-0.25, -0.2) is 4.79 Å². The number of piperidine rings is 1. The maximum Gasteiger partial charge on any atom is 0.341 e. The fraction of sp³-hybridized carbons (Fsp3) is 0.529. The topological polar surface area (TPSA) is 64.6 Å². The van der Waals surface area contributed by atoms with Crippen LogP contribution in [0.15, 0.2) is 18.2 Å². The van der Waals surface area contributed by atoms with Gasteiger partial charge < -0.3 is 14.8 Å². The Hall–Kier alpha value is -2.04. The highest BCUT2D eigenvalue weighted by Crippen LogP contribution is 2.37. The van der Waals surface area contributed by atoms with Gasteiger partial charge in [-0.2, -0.15) is 0 Å². The molecule has 5 heteroatoms. The molecule has 5 nitrogen and oxygen atoms in total. The quantitative estimate of drug-likeness (QED) is 0.868. The van der Waals surface area contributed by atoms with Crippen LogP contribution in [0.2, 0.25) is 0 Å². The van der Waals surface area contributed by atoms with E-state index in [2.05, 4.69) is 5.32 Å². The fourth-order valence-corrected chi connectivity index (χ4v) is 2.97. The third-order valence-electron chi connectivity index (χ3n) is 4.13. The van der Waals surface area contributed by atoms with Crippen molar-refractivity contribution in [2.75, 3.05) is 13.2 Å². The lowest BCUT2D eigenvalue weighted by atomic mass is 10.00. The van der Waals surface area contributed by atoms with Gasteiger partial charge in [0.25, 0.3) is 0 Å². The molecule has 1 aromatic carbocycles. The number of carbonyl (C=O) groups excluding carboxylic acids is 2. The number of hydrogen-bond donors (Lipinski definition) is 1. The van der Waals surface area contributed by atoms with Crippen LogP contribution in [0.1, 0.15) is 42.6 Å². The standard InChI is InChI=1S/C17H21NO4/c1-17(2)8-12-4-3-5-13(15(12)22-17)16(20)21-10-11-6-7-14(19)18-9-11/h3-5,11H,6-10H2,1-2H3,(H,18,19). The van der Waals surface area contributed by atoms with Crippen LogP contribution in [-0.4, -0.2) is 30.6 Å². The van der Waals surface area contributed by atoms with Crippen LogP contribution >= 0.6 is 0 Å². The van der Waals surface area contributed by atoms with Gasteiger partial charge in [-0.3, -0.25) is 4.79 Å². The van der Waals surface area contributed by atoms with E-state index in [1.165, 1.54) is 0 Å². The Morgan fingerprint density at radius 2 is 2.27 bits per heavy atom. The van der Waals surface area contributed by atoms with Gasteiger partial charge >= 0.3 is 5.97 Å². The maximum absolute atomic E-state index is 12.3. The summed E-state index contributed by atoms with van der Waals surface area (Å²) in [6, 6.07) is 5.59. The molecule has 0 radical (unpaired) electrons. The van der Waals surface area contributed by atoms with Crippen molar-refractivity contribution in [3.8, 4) is 5.75 Å². The van der Waals surface area contributed by atoms with Crippen LogP contribution in [0.3, 0.4) is 0 Å². The summed E-state index contributed by atoms with van der Waals surface area (Å²) in [6.07, 6.45) is 2.05. The molecular weight excluding hydrogens is 282 g/mol. The van der Waals surface area contributed by atoms with Gasteiger partial charge in [0, 0.05) is 25.3 Å². The number of fused-ring (bicyclic) bond motifs is 1. The highest BCUT2D eigenvalue weighted by Gasteiger charge is 2.33. The monoisotopic (exact) mass is 303 g/mol. The van der Waals surface area contributed by atoms with E-state index in [1.807, 2.05) is 26.0 Å². The minimum absolute atomic E-state index is 0.0686. The first-order valence-electron chi connectivity index (χ1n) is 7.69. The zero-order chi connectivity index (χ0) is 15.7. The predicted molar refractivity (Wildman–Crippen MR) is 80.9 cm³/mol. The Morgan fingerprint density at radius 1 is 1.45 bits per heavy atom. The van der Waals surface area contributed by atoms with Crippen molar-refractivity contribution >= 4 is 11.9 Å². The lowest BCUT2D eigenvalue weighted by molar-refractivity contribution is -0.123. The number of para-hydroxylation sites is 1. The Labute approximate surface area is 130 Å². The van der Waals surface area contributed by atoms with Gasteiger partial charge in [0.2, 0.25) is 5.91 Å². The molecular formula is C17H21NO4. The van der Waals surface area contributed by atoms with Crippen molar-refractivity contribution in [2.45, 2.75) is 38.7 Å². The van der Waals surface area contributed by atoms with E-state index >= 15 is 0 Å². The third kappa shape index (κ3) is 3.08. The molecule has 22 heavy (non-hydrogen) atoms. The van der Waals surface area contributed by atoms with E-state index in [-0.39, 0.29) is 23.4 Å². The Bertz CT molecular complexity index is 599. The molecule has 2 heterocycles. The minimum Gasteiger partial charge on any atom is -0.486 e. The summed E-state index contributed by atoms with van der Waals surface area (Å²) in [7, 11) is 0. The molecule has 1 aromatic rings. The van der Waals surface area contributed by atoms with Crippen molar-refractivity contribution < 1.29 is 19.1 Å². The molecule has 2 aliphatic rings. The van der Waals surface area contributed by atoms with E-state index in [1.54, 1.807) is 6.07 Å². The molecule has 1 N–H and O–H groups in total. The Kier molecular flexibility index (Phi) is 3.81. The molecule has 0 bridgehead atoms. The SMILES string of the molecule is CC1(C)Cc2cccc(C(=O)OCC3CCC(=O)NC3)c2O1. The van der Waals surface area contributed by atoms with Gasteiger partial charge in [-0.15, -0.1) is 0 Å². The number of carbonyl (C=O) groups is 2. The molecule has 118 valence electrons. The number of nitrogens with one attached hydrogen (secondary N) is 1. The summed E-state index contributed by atoms with van der Waals surface area (Å²) >= 11 is 0. The van der Waals surface area contributed by atoms with Gasteiger partial charge in [-0.05, 0) is 31.9 Å². The summed E-state index contributed by atoms with van der Waals surface area (Å²) in [4.78, 5) is 23.5. The number of rotatable bonds is 3. The highest BCUT2D eigenvalue weighted by molar-refractivity contribution is 5.93. The lowest BCUT2D eigenvalue weighted by Crippen LogP contribution is -2.37. The van der Waals surface area contributed by atoms with E-state index in [0.29, 0.717) is 30.9 Å². The second-order valence-corrected chi connectivity index (χ2v) is 6.64. The second-order valence-electron chi connectivity index (χ2n) is 6.64. The van der Waals surface area contributed by atoms with Crippen molar-refractivity contribution in [2.24, 2.45) is 5.92 Å². The number of amides is 1. The lowest BCUT2D eigenvalue weighted by Gasteiger charge is -2.22. The average molecular weight is 303 g/mol. The minimum atomic E-state index is -0.355. The van der Waals surface area contributed by atoms with Gasteiger partial charge in [0.15, 0.2) is 0 Å². The normalized spacial score (nSPS) is 22.5. The first-order valence-corrected chi connectivity index (χ1v) is 7.69. The van der Waals surface area contributed by atoms with Gasteiger partial charge in [0.1, 0.15) is 16.9 Å². The van der Waals surface area contributed by atoms with Gasteiger partial charge in [-0.1, -0.05) is 12.1 Å². The molecule has 0 spiro atoms. The molecule has 1 unspecified atom stereocenters. The molecule has 1 amide bonds. The van der Waals surface area contributed by atoms with E-state index in [0.717, 1.165) is 18.4 Å². The van der Waals surface area contributed by atoms with E-state index in [4.69, 9.17) is 9.47 Å². The first kappa shape index (κ1) is 14.9. The summed E-state index contributed by atoms with van der Waals surface area (Å²) in [6.45, 7) is 4.91. The fourth-order valence-electron chi connectivity index (χ4n) is 2.97. The van der Waals surface area contributed by atoms with Gasteiger partial charge in [0.05, 0.1) is 6.61 Å². The van der Waals surface area contributed by atoms with Crippen molar-refractivity contribution in [3.05, 3.63) is 29.3 Å². The van der Waals surface area contributed by atoms with E-state index in [9.17, 15) is 9.59 Å². The number of benzene rings is 1. The third-order valence-corrected chi connectivity index (χ3v) is 4.13. The Morgan fingerprint density at radius 3 is 3.00 bits per heavy atom. The van der Waals surface area contributed by atoms with E-state index < -0.39 is 0 Å². The number of hydrogen-bond acceptors (Lipinski definition) is 4.